The Bertz CT molecular complexity index is 818. The number of ether oxygens (including phenoxy) is 3. The molecule has 0 aromatic carbocycles. The van der Waals surface area contributed by atoms with Crippen molar-refractivity contribution in [3.05, 3.63) is 0 Å². The molecule has 0 radical (unpaired) electrons. The molecule has 0 saturated heterocycles. The van der Waals surface area contributed by atoms with Gasteiger partial charge >= 0.3 is 17.9 Å². The highest BCUT2D eigenvalue weighted by Gasteiger charge is 2.29. The molecular weight excluding hydrogens is 663 g/mol. The van der Waals surface area contributed by atoms with Crippen LogP contribution in [-0.2, 0) is 28.6 Å². The normalized spacial score (nSPS) is 12.6. The molecule has 0 spiro atoms. The average molecular weight is 752 g/mol. The maximum absolute atomic E-state index is 12.9. The molecule has 0 aliphatic carbocycles. The number of hydrogen-bond donors (Lipinski definition) is 0. The highest BCUT2D eigenvalue weighted by molar-refractivity contribution is 5.84. The third-order valence-corrected chi connectivity index (χ3v) is 10.7. The number of unbranched alkanes of at least 4 members (excludes halogenated alkanes) is 30. The number of esters is 3. The monoisotopic (exact) mass is 752 g/mol. The molecule has 0 N–H and O–H groups in total. The Labute approximate surface area is 329 Å². The summed E-state index contributed by atoms with van der Waals surface area (Å²) in [5, 5.41) is 0. The molecule has 0 bridgehead atoms. The van der Waals surface area contributed by atoms with Gasteiger partial charge in [-0.15, -0.1) is 0 Å². The second-order valence-corrected chi connectivity index (χ2v) is 16.2. The smallest absolute Gasteiger partial charge is 0.348 e. The van der Waals surface area contributed by atoms with Gasteiger partial charge in [-0.3, -0.25) is 9.59 Å². The third kappa shape index (κ3) is 37.1. The SMILES string of the molecule is CCCCCCCCCCCCCCCCCCOC(=O)C[C@H](OC(=O)CC(C)N(C)C)C(=O)OCCCCCCCCCCCCCCCCCC. The lowest BCUT2D eigenvalue weighted by Crippen LogP contribution is -2.35. The van der Waals surface area contributed by atoms with Gasteiger partial charge in [-0.25, -0.2) is 4.79 Å². The van der Waals surface area contributed by atoms with Gasteiger partial charge in [-0.1, -0.05) is 206 Å². The van der Waals surface area contributed by atoms with E-state index in [2.05, 4.69) is 13.8 Å². The Hall–Kier alpha value is -1.63. The molecule has 0 aromatic rings. The zero-order valence-corrected chi connectivity index (χ0v) is 36.0. The predicted octanol–water partition coefficient (Wildman–Crippen LogP) is 13.2. The van der Waals surface area contributed by atoms with E-state index in [0.717, 1.165) is 38.5 Å². The van der Waals surface area contributed by atoms with Gasteiger partial charge in [0.15, 0.2) is 0 Å². The molecule has 2 atom stereocenters. The Balaban J connectivity index is 4.10. The fraction of sp³-hybridized carbons (Fsp3) is 0.935. The molecule has 0 fully saturated rings. The minimum Gasteiger partial charge on any atom is -0.466 e. The van der Waals surface area contributed by atoms with E-state index in [-0.39, 0.29) is 25.5 Å². The molecule has 0 amide bonds. The quantitative estimate of drug-likeness (QED) is 0.0349. The highest BCUT2D eigenvalue weighted by atomic mass is 16.6. The van der Waals surface area contributed by atoms with Crippen LogP contribution in [0.4, 0.5) is 0 Å². The van der Waals surface area contributed by atoms with E-state index in [4.69, 9.17) is 14.2 Å². The zero-order valence-electron chi connectivity index (χ0n) is 36.0. The van der Waals surface area contributed by atoms with Crippen molar-refractivity contribution >= 4 is 17.9 Å². The van der Waals surface area contributed by atoms with Gasteiger partial charge in [0.25, 0.3) is 0 Å². The van der Waals surface area contributed by atoms with E-state index in [1.807, 2.05) is 25.9 Å². The van der Waals surface area contributed by atoms with Gasteiger partial charge in [-0.05, 0) is 33.9 Å². The van der Waals surface area contributed by atoms with Crippen molar-refractivity contribution in [2.75, 3.05) is 27.3 Å². The van der Waals surface area contributed by atoms with Crippen molar-refractivity contribution in [3.8, 4) is 0 Å². The van der Waals surface area contributed by atoms with Crippen LogP contribution in [0, 0.1) is 0 Å². The summed E-state index contributed by atoms with van der Waals surface area (Å²) in [5.74, 6) is -1.69. The van der Waals surface area contributed by atoms with E-state index in [0.29, 0.717) is 6.61 Å². The first kappa shape index (κ1) is 51.4. The van der Waals surface area contributed by atoms with Crippen molar-refractivity contribution in [3.63, 3.8) is 0 Å². The molecule has 0 rings (SSSR count). The van der Waals surface area contributed by atoms with Crippen LogP contribution in [0.25, 0.3) is 0 Å². The first-order valence-corrected chi connectivity index (χ1v) is 23.0. The molecular formula is C46H89NO6. The minimum atomic E-state index is -1.27. The van der Waals surface area contributed by atoms with Crippen LogP contribution >= 0.6 is 0 Å². The van der Waals surface area contributed by atoms with Gasteiger partial charge in [0.1, 0.15) is 0 Å². The molecule has 7 heteroatoms. The number of hydrogen-bond acceptors (Lipinski definition) is 7. The van der Waals surface area contributed by atoms with Crippen molar-refractivity contribution in [1.29, 1.82) is 0 Å². The van der Waals surface area contributed by atoms with Crippen molar-refractivity contribution < 1.29 is 28.6 Å². The van der Waals surface area contributed by atoms with E-state index in [1.165, 1.54) is 167 Å². The molecule has 0 aromatic heterocycles. The van der Waals surface area contributed by atoms with Crippen LogP contribution in [0.2, 0.25) is 0 Å². The van der Waals surface area contributed by atoms with Gasteiger partial charge in [0, 0.05) is 6.04 Å². The second-order valence-electron chi connectivity index (χ2n) is 16.2. The predicted molar refractivity (Wildman–Crippen MR) is 223 cm³/mol. The Morgan fingerprint density at radius 1 is 0.415 bits per heavy atom. The van der Waals surface area contributed by atoms with Crippen molar-refractivity contribution in [2.45, 2.75) is 251 Å². The van der Waals surface area contributed by atoms with Crippen LogP contribution in [0.3, 0.4) is 0 Å². The topological polar surface area (TPSA) is 82.1 Å². The molecule has 7 nitrogen and oxygen atoms in total. The van der Waals surface area contributed by atoms with Crippen LogP contribution in [0.15, 0.2) is 0 Å². The van der Waals surface area contributed by atoms with E-state index in [9.17, 15) is 14.4 Å². The molecule has 53 heavy (non-hydrogen) atoms. The summed E-state index contributed by atoms with van der Waals surface area (Å²) in [4.78, 5) is 40.1. The largest absolute Gasteiger partial charge is 0.466 e. The van der Waals surface area contributed by atoms with Gasteiger partial charge in [0.05, 0.1) is 26.1 Å². The highest BCUT2D eigenvalue weighted by Crippen LogP contribution is 2.16. The number of rotatable bonds is 41. The number of nitrogens with zero attached hydrogens (tertiary/aromatic N) is 1. The fourth-order valence-corrected chi connectivity index (χ4v) is 6.77. The minimum absolute atomic E-state index is 0.0499. The molecule has 314 valence electrons. The second kappa shape index (κ2) is 40.0. The maximum atomic E-state index is 12.9. The summed E-state index contributed by atoms with van der Waals surface area (Å²) in [7, 11) is 3.77. The van der Waals surface area contributed by atoms with Crippen molar-refractivity contribution in [2.24, 2.45) is 0 Å². The maximum Gasteiger partial charge on any atom is 0.348 e. The van der Waals surface area contributed by atoms with Crippen LogP contribution < -0.4 is 0 Å². The Kier molecular flexibility index (Phi) is 38.8. The van der Waals surface area contributed by atoms with Crippen LogP contribution in [-0.4, -0.2) is 62.3 Å². The van der Waals surface area contributed by atoms with Gasteiger partial charge in [0.2, 0.25) is 6.10 Å². The van der Waals surface area contributed by atoms with Crippen molar-refractivity contribution in [1.82, 2.24) is 4.90 Å². The van der Waals surface area contributed by atoms with E-state index >= 15 is 0 Å². The van der Waals surface area contributed by atoms with Gasteiger partial charge in [-0.2, -0.15) is 0 Å². The van der Waals surface area contributed by atoms with E-state index < -0.39 is 24.0 Å². The third-order valence-electron chi connectivity index (χ3n) is 10.7. The standard InChI is InChI=1S/C46H89NO6/c1-6-8-10-12-14-16-18-20-22-24-26-28-30-32-34-36-38-51-44(48)41-43(53-45(49)40-42(3)47(4)5)46(50)52-39-37-35-33-31-29-27-25-23-21-19-17-15-13-11-9-7-2/h42-43H,6-41H2,1-5H3/t42?,43-/m0/s1. The molecule has 0 aliphatic heterocycles. The molecule has 1 unspecified atom stereocenters. The Morgan fingerprint density at radius 2 is 0.717 bits per heavy atom. The van der Waals surface area contributed by atoms with Gasteiger partial charge < -0.3 is 19.1 Å². The number of carbonyl (C=O) groups is 3. The Morgan fingerprint density at radius 3 is 1.04 bits per heavy atom. The van der Waals surface area contributed by atoms with E-state index in [1.54, 1.807) is 0 Å². The summed E-state index contributed by atoms with van der Waals surface area (Å²) in [5.41, 5.74) is 0. The molecule has 0 aliphatic rings. The summed E-state index contributed by atoms with van der Waals surface area (Å²) in [6.07, 6.45) is 39.6. The summed E-state index contributed by atoms with van der Waals surface area (Å²) in [6, 6.07) is -0.0499. The lowest BCUT2D eigenvalue weighted by atomic mass is 10.0. The summed E-state index contributed by atoms with van der Waals surface area (Å²) in [6.45, 7) is 7.05. The van der Waals surface area contributed by atoms with Crippen LogP contribution in [0.1, 0.15) is 239 Å². The molecule has 0 saturated carbocycles. The number of carbonyl (C=O) groups excluding carboxylic acids is 3. The summed E-state index contributed by atoms with van der Waals surface area (Å²) >= 11 is 0. The average Bonchev–Trinajstić information content (AvgIpc) is 3.13. The summed E-state index contributed by atoms with van der Waals surface area (Å²) < 4.78 is 16.4. The zero-order chi connectivity index (χ0) is 39.0. The lowest BCUT2D eigenvalue weighted by Gasteiger charge is -2.21. The first-order valence-electron chi connectivity index (χ1n) is 23.0. The lowest BCUT2D eigenvalue weighted by molar-refractivity contribution is -0.172. The first-order chi connectivity index (χ1) is 25.8. The molecule has 0 heterocycles. The van der Waals surface area contributed by atoms with Crippen LogP contribution in [0.5, 0.6) is 0 Å². The fourth-order valence-electron chi connectivity index (χ4n) is 6.77.